The molecule has 1 fully saturated rings. The van der Waals surface area contributed by atoms with Crippen LogP contribution in [-0.4, -0.2) is 77.7 Å². The van der Waals surface area contributed by atoms with E-state index in [0.717, 1.165) is 50.9 Å². The molecule has 1 aliphatic rings. The molecule has 0 bridgehead atoms. The van der Waals surface area contributed by atoms with Gasteiger partial charge in [-0.25, -0.2) is 18.3 Å². The third kappa shape index (κ3) is 5.26. The maximum Gasteiger partial charge on any atom is 0.344 e. The van der Waals surface area contributed by atoms with Crippen LogP contribution in [0.1, 0.15) is 33.3 Å². The van der Waals surface area contributed by atoms with Crippen molar-refractivity contribution in [1.82, 2.24) is 19.6 Å². The molecule has 1 aromatic carbocycles. The van der Waals surface area contributed by atoms with Crippen LogP contribution in [-0.2, 0) is 17.7 Å². The first-order chi connectivity index (χ1) is 14.8. The van der Waals surface area contributed by atoms with Crippen molar-refractivity contribution in [2.75, 3.05) is 52.1 Å². The average Bonchev–Trinajstić information content (AvgIpc) is 3.07. The van der Waals surface area contributed by atoms with Crippen molar-refractivity contribution >= 4 is 17.6 Å². The number of hydrogen-bond donors (Lipinski definition) is 1. The number of ether oxygens (including phenoxy) is 1. The Balaban J connectivity index is 1.66. The van der Waals surface area contributed by atoms with Gasteiger partial charge in [0.25, 0.3) is 0 Å². The minimum Gasteiger partial charge on any atom is -0.454 e. The fraction of sp³-hybridized carbons (Fsp3) is 0.476. The average molecular weight is 435 g/mol. The summed E-state index contributed by atoms with van der Waals surface area (Å²) in [6.45, 7) is 6.14. The van der Waals surface area contributed by atoms with E-state index in [0.29, 0.717) is 18.7 Å². The molecule has 0 saturated carbocycles. The summed E-state index contributed by atoms with van der Waals surface area (Å²) in [6, 6.07) is 3.09. The maximum absolute atomic E-state index is 13.8. The second kappa shape index (κ2) is 9.97. The number of aromatic nitrogens is 2. The fourth-order valence-electron chi connectivity index (χ4n) is 3.51. The quantitative estimate of drug-likeness (QED) is 0.497. The first-order valence-corrected chi connectivity index (χ1v) is 10.2. The van der Waals surface area contributed by atoms with Gasteiger partial charge in [0, 0.05) is 32.7 Å². The number of piperazine rings is 1. The van der Waals surface area contributed by atoms with Crippen LogP contribution >= 0.6 is 0 Å². The van der Waals surface area contributed by atoms with Gasteiger partial charge in [0.05, 0.1) is 17.8 Å². The molecule has 0 amide bonds. The number of aryl methyl sites for hydroxylation is 1. The van der Waals surface area contributed by atoms with Gasteiger partial charge in [-0.2, -0.15) is 5.10 Å². The number of carbonyl (C=O) groups excluding carboxylic acids is 2. The van der Waals surface area contributed by atoms with Crippen LogP contribution in [0.3, 0.4) is 0 Å². The van der Waals surface area contributed by atoms with E-state index in [2.05, 4.69) is 21.9 Å². The standard InChI is InChI=1S/C21H27F2N5O3/c1-3-16-19(20(24)28(25-16)12-11-27-9-7-26(2)8-10-27)21(30)31-13-17(29)18-14(22)5-4-6-15(18)23/h4-6H,3,7-13,24H2,1-2H3. The predicted molar refractivity (Wildman–Crippen MR) is 111 cm³/mol. The molecule has 2 N–H and O–H groups in total. The molecule has 3 rings (SSSR count). The highest BCUT2D eigenvalue weighted by molar-refractivity contribution is 6.01. The molecule has 2 aromatic rings. The van der Waals surface area contributed by atoms with Crippen LogP contribution < -0.4 is 5.73 Å². The number of carbonyl (C=O) groups is 2. The molecule has 8 nitrogen and oxygen atoms in total. The number of ketones is 1. The lowest BCUT2D eigenvalue weighted by atomic mass is 10.1. The lowest BCUT2D eigenvalue weighted by molar-refractivity contribution is 0.0472. The molecule has 0 spiro atoms. The molecule has 0 unspecified atom stereocenters. The molecule has 1 aromatic heterocycles. The van der Waals surface area contributed by atoms with Gasteiger partial charge in [-0.1, -0.05) is 13.0 Å². The van der Waals surface area contributed by atoms with Crippen molar-refractivity contribution in [2.24, 2.45) is 0 Å². The Kier molecular flexibility index (Phi) is 7.34. The number of nitrogens with two attached hydrogens (primary N) is 1. The van der Waals surface area contributed by atoms with Crippen molar-refractivity contribution < 1.29 is 23.1 Å². The zero-order chi connectivity index (χ0) is 22.5. The summed E-state index contributed by atoms with van der Waals surface area (Å²) >= 11 is 0. The molecule has 168 valence electrons. The molecule has 1 saturated heterocycles. The number of nitrogen functional groups attached to an aromatic ring is 1. The number of halogens is 2. The molecular weight excluding hydrogens is 408 g/mol. The van der Waals surface area contributed by atoms with E-state index in [9.17, 15) is 18.4 Å². The summed E-state index contributed by atoms with van der Waals surface area (Å²) in [6.07, 6.45) is 0.437. The van der Waals surface area contributed by atoms with E-state index < -0.39 is 35.6 Å². The Hall–Kier alpha value is -2.85. The maximum atomic E-state index is 13.8. The summed E-state index contributed by atoms with van der Waals surface area (Å²) in [4.78, 5) is 29.3. The minimum atomic E-state index is -1.01. The third-order valence-electron chi connectivity index (χ3n) is 5.40. The lowest BCUT2D eigenvalue weighted by Crippen LogP contribution is -2.45. The fourth-order valence-corrected chi connectivity index (χ4v) is 3.51. The second-order valence-electron chi connectivity index (χ2n) is 7.52. The van der Waals surface area contributed by atoms with Gasteiger partial charge in [-0.3, -0.25) is 9.69 Å². The van der Waals surface area contributed by atoms with Gasteiger partial charge < -0.3 is 15.4 Å². The largest absolute Gasteiger partial charge is 0.454 e. The molecule has 31 heavy (non-hydrogen) atoms. The number of rotatable bonds is 8. The molecule has 2 heterocycles. The molecule has 0 radical (unpaired) electrons. The van der Waals surface area contributed by atoms with E-state index in [1.807, 2.05) is 6.92 Å². The first-order valence-electron chi connectivity index (χ1n) is 10.2. The van der Waals surface area contributed by atoms with Gasteiger partial charge in [-0.05, 0) is 25.6 Å². The smallest absolute Gasteiger partial charge is 0.344 e. The zero-order valence-corrected chi connectivity index (χ0v) is 17.7. The SMILES string of the molecule is CCc1nn(CCN2CCN(C)CC2)c(N)c1C(=O)OCC(=O)c1c(F)cccc1F. The molecular formula is C21H27F2N5O3. The number of anilines is 1. The predicted octanol–water partition coefficient (Wildman–Crippen LogP) is 1.59. The number of esters is 1. The number of likely N-dealkylation sites (N-methyl/N-ethyl adjacent to an activating group) is 1. The number of Topliss-reactive ketones (excluding diaryl/α,β-unsaturated/α-hetero) is 1. The van der Waals surface area contributed by atoms with Crippen molar-refractivity contribution in [3.63, 3.8) is 0 Å². The first kappa shape index (κ1) is 22.8. The van der Waals surface area contributed by atoms with Crippen molar-refractivity contribution in [1.29, 1.82) is 0 Å². The Bertz CT molecular complexity index is 934. The highest BCUT2D eigenvalue weighted by Gasteiger charge is 2.25. The topological polar surface area (TPSA) is 93.7 Å². The molecule has 1 aliphatic heterocycles. The van der Waals surface area contributed by atoms with Crippen molar-refractivity contribution in [2.45, 2.75) is 19.9 Å². The van der Waals surface area contributed by atoms with E-state index in [1.54, 1.807) is 4.68 Å². The van der Waals surface area contributed by atoms with Gasteiger partial charge in [0.1, 0.15) is 23.0 Å². The van der Waals surface area contributed by atoms with E-state index in [4.69, 9.17) is 10.5 Å². The van der Waals surface area contributed by atoms with Gasteiger partial charge in [-0.15, -0.1) is 0 Å². The Morgan fingerprint density at radius 2 is 1.74 bits per heavy atom. The minimum absolute atomic E-state index is 0.0858. The Morgan fingerprint density at radius 3 is 2.35 bits per heavy atom. The summed E-state index contributed by atoms with van der Waals surface area (Å²) in [5.74, 6) is -3.67. The molecule has 10 heteroatoms. The van der Waals surface area contributed by atoms with E-state index >= 15 is 0 Å². The summed E-state index contributed by atoms with van der Waals surface area (Å²) in [7, 11) is 2.08. The normalized spacial score (nSPS) is 15.2. The zero-order valence-electron chi connectivity index (χ0n) is 17.7. The van der Waals surface area contributed by atoms with Crippen molar-refractivity contribution in [3.8, 4) is 0 Å². The van der Waals surface area contributed by atoms with Gasteiger partial charge in [0.2, 0.25) is 5.78 Å². The van der Waals surface area contributed by atoms with Crippen molar-refractivity contribution in [3.05, 3.63) is 46.7 Å². The van der Waals surface area contributed by atoms with E-state index in [-0.39, 0.29) is 11.4 Å². The van der Waals surface area contributed by atoms with Crippen LogP contribution in [0.2, 0.25) is 0 Å². The van der Waals surface area contributed by atoms with Crippen LogP contribution in [0.4, 0.5) is 14.6 Å². The molecule has 0 atom stereocenters. The van der Waals surface area contributed by atoms with Crippen LogP contribution in [0.15, 0.2) is 18.2 Å². The third-order valence-corrected chi connectivity index (χ3v) is 5.40. The summed E-state index contributed by atoms with van der Waals surface area (Å²) in [5.41, 5.74) is 5.95. The lowest BCUT2D eigenvalue weighted by Gasteiger charge is -2.32. The highest BCUT2D eigenvalue weighted by atomic mass is 19.1. The Morgan fingerprint density at radius 1 is 1.10 bits per heavy atom. The number of benzene rings is 1. The summed E-state index contributed by atoms with van der Waals surface area (Å²) < 4.78 is 34.1. The Labute approximate surface area is 179 Å². The summed E-state index contributed by atoms with van der Waals surface area (Å²) in [5, 5.41) is 4.41. The number of hydrogen-bond acceptors (Lipinski definition) is 7. The number of nitrogens with zero attached hydrogens (tertiary/aromatic N) is 4. The molecule has 0 aliphatic carbocycles. The highest BCUT2D eigenvalue weighted by Crippen LogP contribution is 2.20. The van der Waals surface area contributed by atoms with Crippen LogP contribution in [0, 0.1) is 11.6 Å². The second-order valence-corrected chi connectivity index (χ2v) is 7.52. The van der Waals surface area contributed by atoms with E-state index in [1.165, 1.54) is 0 Å². The van der Waals surface area contributed by atoms with Gasteiger partial charge >= 0.3 is 5.97 Å². The monoisotopic (exact) mass is 435 g/mol. The van der Waals surface area contributed by atoms with Crippen LogP contribution in [0.25, 0.3) is 0 Å². The van der Waals surface area contributed by atoms with Gasteiger partial charge in [0.15, 0.2) is 6.61 Å². The van der Waals surface area contributed by atoms with Crippen LogP contribution in [0.5, 0.6) is 0 Å².